The Morgan fingerprint density at radius 2 is 1.51 bits per heavy atom. The van der Waals surface area contributed by atoms with Gasteiger partial charge in [0.1, 0.15) is 22.4 Å². The van der Waals surface area contributed by atoms with Crippen LogP contribution in [0.15, 0.2) is 34.9 Å². The first-order chi connectivity index (χ1) is 17.5. The average molecular weight is 618 g/mol. The van der Waals surface area contributed by atoms with E-state index >= 15 is 0 Å². The van der Waals surface area contributed by atoms with E-state index in [1.54, 1.807) is 0 Å². The number of carbonyl (C=O) groups excluding carboxylic acids is 1. The number of benzene rings is 2. The maximum Gasteiger partial charge on any atom is 0.292 e. The van der Waals surface area contributed by atoms with E-state index < -0.39 is 41.3 Å². The van der Waals surface area contributed by atoms with Gasteiger partial charge in [0.05, 0.1) is 27.2 Å². The van der Waals surface area contributed by atoms with E-state index in [1.807, 2.05) is 0 Å². The summed E-state index contributed by atoms with van der Waals surface area (Å²) < 4.78 is 66.6. The monoisotopic (exact) mass is 615 g/mol. The van der Waals surface area contributed by atoms with E-state index in [2.05, 4.69) is 10.4 Å². The lowest BCUT2D eigenvalue weighted by atomic mass is 10.2. The van der Waals surface area contributed by atoms with Crippen LogP contribution in [0.4, 0.5) is 23.4 Å². The minimum Gasteiger partial charge on any atom is -0.482 e. The summed E-state index contributed by atoms with van der Waals surface area (Å²) in [5, 5.41) is 6.04. The van der Waals surface area contributed by atoms with Gasteiger partial charge in [-0.2, -0.15) is 5.10 Å². The second kappa shape index (κ2) is 11.0. The maximum absolute atomic E-state index is 13.9. The molecule has 0 saturated carbocycles. The van der Waals surface area contributed by atoms with Gasteiger partial charge in [0.15, 0.2) is 40.6 Å². The van der Waals surface area contributed by atoms with Gasteiger partial charge in [0, 0.05) is 18.3 Å². The molecule has 0 aliphatic heterocycles. The molecule has 0 saturated heterocycles. The van der Waals surface area contributed by atoms with Crippen LogP contribution in [0.5, 0.6) is 5.75 Å². The van der Waals surface area contributed by atoms with E-state index in [9.17, 15) is 22.4 Å². The van der Waals surface area contributed by atoms with Crippen LogP contribution in [0.1, 0.15) is 21.9 Å². The van der Waals surface area contributed by atoms with Crippen LogP contribution in [0.3, 0.4) is 0 Å². The molecule has 2 heterocycles. The van der Waals surface area contributed by atoms with Crippen LogP contribution < -0.4 is 10.1 Å². The van der Waals surface area contributed by atoms with Crippen molar-refractivity contribution in [3.05, 3.63) is 95.9 Å². The molecule has 2 aromatic heterocycles. The third kappa shape index (κ3) is 5.63. The lowest BCUT2D eigenvalue weighted by Gasteiger charge is -2.12. The molecule has 1 N–H and O–H groups in total. The van der Waals surface area contributed by atoms with Crippen molar-refractivity contribution in [2.45, 2.75) is 13.2 Å². The Balaban J connectivity index is 1.42. The number of furan rings is 1. The summed E-state index contributed by atoms with van der Waals surface area (Å²) in [5.74, 6) is -6.90. The highest BCUT2D eigenvalue weighted by Crippen LogP contribution is 2.48. The number of hydrogen-bond acceptors (Lipinski definition) is 4. The van der Waals surface area contributed by atoms with Crippen molar-refractivity contribution in [1.29, 1.82) is 0 Å². The number of nitrogens with zero attached hydrogens (tertiary/aromatic N) is 2. The largest absolute Gasteiger partial charge is 0.482 e. The van der Waals surface area contributed by atoms with Gasteiger partial charge >= 0.3 is 0 Å². The number of amides is 1. The summed E-state index contributed by atoms with van der Waals surface area (Å²) in [5.41, 5.74) is -0.863. The summed E-state index contributed by atoms with van der Waals surface area (Å²) >= 11 is 30.1. The summed E-state index contributed by atoms with van der Waals surface area (Å²) in [6, 6.07) is 4.19. The molecule has 0 fully saturated rings. The van der Waals surface area contributed by atoms with Crippen molar-refractivity contribution in [2.24, 2.45) is 0 Å². The van der Waals surface area contributed by atoms with E-state index in [1.165, 1.54) is 24.4 Å². The number of rotatable bonds is 7. The van der Waals surface area contributed by atoms with Crippen molar-refractivity contribution in [3.63, 3.8) is 0 Å². The number of hydrogen-bond donors (Lipinski definition) is 1. The number of nitrogens with one attached hydrogen (secondary N) is 1. The molecular formula is C22H10Cl5F4N3O3. The minimum atomic E-state index is -1.55. The smallest absolute Gasteiger partial charge is 0.292 e. The molecule has 4 rings (SSSR count). The standard InChI is InChI=1S/C22H10Cl5F4N3O3/c23-14-15(24)17(26)21(18(27)16(14)25)36-7-8-1-2-12(37-8)22(35)32-13-3-4-34(33-13)6-9-19(30)10(28)5-11(29)20(9)31/h1-5H,6-7H2,(H,32,33,35). The van der Waals surface area contributed by atoms with Crippen molar-refractivity contribution in [3.8, 4) is 5.75 Å². The highest BCUT2D eigenvalue weighted by Gasteiger charge is 2.22. The first-order valence-corrected chi connectivity index (χ1v) is 11.8. The summed E-state index contributed by atoms with van der Waals surface area (Å²) in [6.07, 6.45) is 1.24. The lowest BCUT2D eigenvalue weighted by Crippen LogP contribution is -2.13. The molecule has 194 valence electrons. The molecule has 0 aliphatic rings. The molecule has 4 aromatic rings. The Bertz CT molecular complexity index is 1470. The number of anilines is 1. The van der Waals surface area contributed by atoms with E-state index in [-0.39, 0.29) is 60.9 Å². The lowest BCUT2D eigenvalue weighted by molar-refractivity contribution is 0.0992. The molecule has 0 radical (unpaired) electrons. The topological polar surface area (TPSA) is 69.3 Å². The molecule has 15 heteroatoms. The fourth-order valence-corrected chi connectivity index (χ4v) is 4.28. The zero-order valence-electron chi connectivity index (χ0n) is 17.8. The van der Waals surface area contributed by atoms with Gasteiger partial charge in [-0.1, -0.05) is 58.0 Å². The molecule has 0 aliphatic carbocycles. The fourth-order valence-electron chi connectivity index (χ4n) is 3.05. The van der Waals surface area contributed by atoms with Crippen molar-refractivity contribution in [1.82, 2.24) is 9.78 Å². The van der Waals surface area contributed by atoms with Crippen LogP contribution in [-0.2, 0) is 13.2 Å². The van der Waals surface area contributed by atoms with Gasteiger partial charge in [-0.25, -0.2) is 17.6 Å². The van der Waals surface area contributed by atoms with Gasteiger partial charge in [0.2, 0.25) is 0 Å². The van der Waals surface area contributed by atoms with Crippen molar-refractivity contribution < 1.29 is 31.5 Å². The van der Waals surface area contributed by atoms with Crippen LogP contribution in [0.25, 0.3) is 0 Å². The minimum absolute atomic E-state index is 0.0269. The van der Waals surface area contributed by atoms with Gasteiger partial charge in [-0.15, -0.1) is 0 Å². The first-order valence-electron chi connectivity index (χ1n) is 9.87. The number of ether oxygens (including phenoxy) is 1. The molecule has 0 spiro atoms. The summed E-state index contributed by atoms with van der Waals surface area (Å²) in [4.78, 5) is 12.5. The average Bonchev–Trinajstić information content (AvgIpc) is 3.52. The number of carbonyl (C=O) groups is 1. The third-order valence-corrected chi connectivity index (χ3v) is 7.06. The molecule has 0 unspecified atom stereocenters. The molecule has 0 atom stereocenters. The molecule has 2 aromatic carbocycles. The highest BCUT2D eigenvalue weighted by atomic mass is 35.5. The van der Waals surface area contributed by atoms with Gasteiger partial charge in [-0.3, -0.25) is 9.48 Å². The van der Waals surface area contributed by atoms with Crippen LogP contribution in [0.2, 0.25) is 25.1 Å². The van der Waals surface area contributed by atoms with Crippen molar-refractivity contribution in [2.75, 3.05) is 5.32 Å². The first kappa shape index (κ1) is 27.4. The summed E-state index contributed by atoms with van der Waals surface area (Å²) in [6.45, 7) is -0.842. The second-order valence-electron chi connectivity index (χ2n) is 7.25. The Kier molecular flexibility index (Phi) is 8.15. The van der Waals surface area contributed by atoms with E-state index in [4.69, 9.17) is 67.2 Å². The van der Waals surface area contributed by atoms with Crippen LogP contribution >= 0.6 is 58.0 Å². The zero-order chi connectivity index (χ0) is 27.0. The molecule has 37 heavy (non-hydrogen) atoms. The SMILES string of the molecule is O=C(Nc1ccn(Cc2c(F)c(F)cc(F)c2F)n1)c1ccc(COc2c(Cl)c(Cl)c(Cl)c(Cl)c2Cl)o1. The normalized spacial score (nSPS) is 11.2. The van der Waals surface area contributed by atoms with Gasteiger partial charge < -0.3 is 14.5 Å². The molecule has 0 bridgehead atoms. The van der Waals surface area contributed by atoms with Crippen molar-refractivity contribution >= 4 is 69.7 Å². The second-order valence-corrected chi connectivity index (χ2v) is 9.14. The van der Waals surface area contributed by atoms with Gasteiger partial charge in [0.25, 0.3) is 5.91 Å². The Morgan fingerprint density at radius 1 is 0.919 bits per heavy atom. The van der Waals surface area contributed by atoms with Crippen LogP contribution in [-0.4, -0.2) is 15.7 Å². The Hall–Kier alpha value is -2.63. The molecular weight excluding hydrogens is 608 g/mol. The summed E-state index contributed by atoms with van der Waals surface area (Å²) in [7, 11) is 0. The number of halogens is 9. The Labute approximate surface area is 230 Å². The maximum atomic E-state index is 13.9. The predicted octanol–water partition coefficient (Wildman–Crippen LogP) is 8.18. The quantitative estimate of drug-likeness (QED) is 0.129. The third-order valence-electron chi connectivity index (χ3n) is 4.82. The molecule has 6 nitrogen and oxygen atoms in total. The number of aromatic nitrogens is 2. The zero-order valence-corrected chi connectivity index (χ0v) is 21.6. The fraction of sp³-hybridized carbons (Fsp3) is 0.0909. The molecule has 1 amide bonds. The predicted molar refractivity (Wildman–Crippen MR) is 130 cm³/mol. The van der Waals surface area contributed by atoms with E-state index in [0.717, 1.165) is 4.68 Å². The van der Waals surface area contributed by atoms with Crippen LogP contribution in [0, 0.1) is 23.3 Å². The highest BCUT2D eigenvalue weighted by molar-refractivity contribution is 6.55. The van der Waals surface area contributed by atoms with Gasteiger partial charge in [-0.05, 0) is 12.1 Å². The Morgan fingerprint density at radius 3 is 2.14 bits per heavy atom. The van der Waals surface area contributed by atoms with E-state index in [0.29, 0.717) is 0 Å².